The van der Waals surface area contributed by atoms with Crippen LogP contribution >= 0.6 is 23.2 Å². The van der Waals surface area contributed by atoms with E-state index in [4.69, 9.17) is 32.0 Å². The van der Waals surface area contributed by atoms with Crippen LogP contribution < -0.4 is 0 Å². The summed E-state index contributed by atoms with van der Waals surface area (Å²) in [6.45, 7) is 0. The van der Waals surface area contributed by atoms with E-state index in [0.29, 0.717) is 27.3 Å². The van der Waals surface area contributed by atoms with E-state index in [2.05, 4.69) is 0 Å². The van der Waals surface area contributed by atoms with Crippen LogP contribution in [0.3, 0.4) is 0 Å². The number of hydrogen-bond donors (Lipinski definition) is 0. The molecule has 3 rings (SSSR count). The largest absolute Gasteiger partial charge is 0.465 e. The Morgan fingerprint density at radius 3 is 2.42 bits per heavy atom. The van der Waals surface area contributed by atoms with Crippen LogP contribution in [-0.4, -0.2) is 5.78 Å². The van der Waals surface area contributed by atoms with Crippen molar-refractivity contribution in [2.45, 2.75) is 0 Å². The minimum absolute atomic E-state index is 0.168. The summed E-state index contributed by atoms with van der Waals surface area (Å²) < 4.78 is 10.8. The van der Waals surface area contributed by atoms with E-state index in [1.54, 1.807) is 48.7 Å². The lowest BCUT2D eigenvalue weighted by atomic mass is 10.2. The van der Waals surface area contributed by atoms with Crippen LogP contribution in [0.1, 0.15) is 11.5 Å². The van der Waals surface area contributed by atoms with Gasteiger partial charge in [-0.25, -0.2) is 0 Å². The molecule has 0 radical (unpaired) electrons. The Balaban J connectivity index is 1.69. The van der Waals surface area contributed by atoms with Crippen LogP contribution in [0.2, 0.25) is 10.0 Å². The Morgan fingerprint density at radius 1 is 0.917 bits per heavy atom. The molecule has 3 nitrogen and oxygen atoms in total. The SMILES string of the molecule is O=C(C=Cc1ccco1)/C=C/c1ccc(-c2ccc(Cl)c(Cl)c2)o1. The first-order chi connectivity index (χ1) is 11.6. The first-order valence-corrected chi connectivity index (χ1v) is 7.86. The van der Waals surface area contributed by atoms with Crippen molar-refractivity contribution in [1.82, 2.24) is 0 Å². The van der Waals surface area contributed by atoms with Crippen molar-refractivity contribution in [3.05, 3.63) is 82.4 Å². The number of rotatable bonds is 5. The maximum Gasteiger partial charge on any atom is 0.178 e. The molecule has 1 aromatic carbocycles. The molecule has 5 heteroatoms. The van der Waals surface area contributed by atoms with E-state index in [9.17, 15) is 4.79 Å². The molecule has 0 aliphatic heterocycles. The molecular weight excluding hydrogens is 347 g/mol. The first-order valence-electron chi connectivity index (χ1n) is 7.11. The van der Waals surface area contributed by atoms with Crippen LogP contribution in [0.25, 0.3) is 23.5 Å². The monoisotopic (exact) mass is 358 g/mol. The summed E-state index contributed by atoms with van der Waals surface area (Å²) in [6.07, 6.45) is 7.62. The summed E-state index contributed by atoms with van der Waals surface area (Å²) >= 11 is 11.9. The van der Waals surface area contributed by atoms with Crippen molar-refractivity contribution in [3.8, 4) is 11.3 Å². The summed E-state index contributed by atoms with van der Waals surface area (Å²) in [5, 5.41) is 0.946. The summed E-state index contributed by atoms with van der Waals surface area (Å²) in [4.78, 5) is 11.8. The van der Waals surface area contributed by atoms with Gasteiger partial charge < -0.3 is 8.83 Å². The van der Waals surface area contributed by atoms with Gasteiger partial charge in [-0.3, -0.25) is 4.79 Å². The van der Waals surface area contributed by atoms with Crippen LogP contribution in [0, 0.1) is 0 Å². The first kappa shape index (κ1) is 16.4. The van der Waals surface area contributed by atoms with Gasteiger partial charge in [0, 0.05) is 5.56 Å². The number of carbonyl (C=O) groups is 1. The molecule has 0 N–H and O–H groups in total. The van der Waals surface area contributed by atoms with Gasteiger partial charge in [0.15, 0.2) is 5.78 Å². The zero-order valence-corrected chi connectivity index (χ0v) is 13.9. The predicted molar refractivity (Wildman–Crippen MR) is 95.9 cm³/mol. The second-order valence-electron chi connectivity index (χ2n) is 4.92. The molecule has 0 fully saturated rings. The highest BCUT2D eigenvalue weighted by Gasteiger charge is 2.06. The van der Waals surface area contributed by atoms with E-state index < -0.39 is 0 Å². The lowest BCUT2D eigenvalue weighted by Crippen LogP contribution is -1.83. The Kier molecular flexibility index (Phi) is 5.04. The number of carbonyl (C=O) groups excluding carboxylic acids is 1. The van der Waals surface area contributed by atoms with Crippen molar-refractivity contribution in [1.29, 1.82) is 0 Å². The van der Waals surface area contributed by atoms with E-state index in [1.807, 2.05) is 12.1 Å². The molecule has 0 spiro atoms. The van der Waals surface area contributed by atoms with Crippen LogP contribution in [-0.2, 0) is 4.79 Å². The van der Waals surface area contributed by atoms with Crippen LogP contribution in [0.4, 0.5) is 0 Å². The normalized spacial score (nSPS) is 11.6. The Labute approximate surface area is 148 Å². The van der Waals surface area contributed by atoms with Gasteiger partial charge in [-0.15, -0.1) is 0 Å². The Bertz CT molecular complexity index is 903. The zero-order chi connectivity index (χ0) is 16.9. The second-order valence-corrected chi connectivity index (χ2v) is 5.73. The Morgan fingerprint density at radius 2 is 1.71 bits per heavy atom. The molecule has 2 heterocycles. The van der Waals surface area contributed by atoms with Crippen molar-refractivity contribution >= 4 is 41.1 Å². The fraction of sp³-hybridized carbons (Fsp3) is 0. The highest BCUT2D eigenvalue weighted by Crippen LogP contribution is 2.29. The third-order valence-electron chi connectivity index (χ3n) is 3.20. The minimum atomic E-state index is -0.168. The molecule has 0 saturated heterocycles. The molecule has 0 amide bonds. The highest BCUT2D eigenvalue weighted by atomic mass is 35.5. The Hall–Kier alpha value is -2.49. The van der Waals surface area contributed by atoms with Crippen molar-refractivity contribution in [2.24, 2.45) is 0 Å². The lowest BCUT2D eigenvalue weighted by molar-refractivity contribution is -0.110. The molecule has 2 aromatic heterocycles. The number of hydrogen-bond acceptors (Lipinski definition) is 3. The molecule has 0 bridgehead atoms. The average Bonchev–Trinajstić information content (AvgIpc) is 3.25. The molecule has 0 aliphatic carbocycles. The van der Waals surface area contributed by atoms with Gasteiger partial charge in [-0.1, -0.05) is 23.2 Å². The number of furan rings is 2. The zero-order valence-electron chi connectivity index (χ0n) is 12.4. The number of benzene rings is 1. The van der Waals surface area contributed by atoms with E-state index in [-0.39, 0.29) is 5.78 Å². The molecule has 0 saturated carbocycles. The number of halogens is 2. The summed E-state index contributed by atoms with van der Waals surface area (Å²) in [5.41, 5.74) is 0.813. The van der Waals surface area contributed by atoms with Gasteiger partial charge in [0.25, 0.3) is 0 Å². The molecule has 3 aromatic rings. The fourth-order valence-electron chi connectivity index (χ4n) is 2.02. The van der Waals surface area contributed by atoms with Crippen molar-refractivity contribution in [3.63, 3.8) is 0 Å². The maximum atomic E-state index is 11.8. The molecular formula is C19H12Cl2O3. The molecule has 120 valence electrons. The molecule has 0 unspecified atom stereocenters. The van der Waals surface area contributed by atoms with Gasteiger partial charge in [0.05, 0.1) is 16.3 Å². The predicted octanol–water partition coefficient (Wildman–Crippen LogP) is 6.14. The van der Waals surface area contributed by atoms with Gasteiger partial charge in [0.1, 0.15) is 17.3 Å². The van der Waals surface area contributed by atoms with Crippen LogP contribution in [0.15, 0.2) is 69.7 Å². The summed E-state index contributed by atoms with van der Waals surface area (Å²) in [7, 11) is 0. The van der Waals surface area contributed by atoms with Gasteiger partial charge in [0.2, 0.25) is 0 Å². The summed E-state index contributed by atoms with van der Waals surface area (Å²) in [5.74, 6) is 1.66. The van der Waals surface area contributed by atoms with E-state index >= 15 is 0 Å². The van der Waals surface area contributed by atoms with Crippen LogP contribution in [0.5, 0.6) is 0 Å². The third-order valence-corrected chi connectivity index (χ3v) is 3.94. The molecule has 24 heavy (non-hydrogen) atoms. The van der Waals surface area contributed by atoms with Gasteiger partial charge >= 0.3 is 0 Å². The van der Waals surface area contributed by atoms with E-state index in [0.717, 1.165) is 5.56 Å². The maximum absolute atomic E-state index is 11.8. The average molecular weight is 359 g/mol. The smallest absolute Gasteiger partial charge is 0.178 e. The lowest BCUT2D eigenvalue weighted by Gasteiger charge is -1.99. The standard InChI is InChI=1S/C19H12Cl2O3/c20-17-9-3-13(12-18(17)21)19-10-8-16(24-19)7-5-14(22)4-6-15-2-1-11-23-15/h1-12H/b6-4?,7-5+. The van der Waals surface area contributed by atoms with Gasteiger partial charge in [-0.2, -0.15) is 0 Å². The topological polar surface area (TPSA) is 43.4 Å². The fourth-order valence-corrected chi connectivity index (χ4v) is 2.32. The number of allylic oxidation sites excluding steroid dienone is 2. The van der Waals surface area contributed by atoms with Crippen molar-refractivity contribution in [2.75, 3.05) is 0 Å². The minimum Gasteiger partial charge on any atom is -0.465 e. The third kappa shape index (κ3) is 4.07. The molecule has 0 atom stereocenters. The van der Waals surface area contributed by atoms with Crippen molar-refractivity contribution < 1.29 is 13.6 Å². The van der Waals surface area contributed by atoms with E-state index in [1.165, 1.54) is 12.2 Å². The quantitative estimate of drug-likeness (QED) is 0.514. The summed E-state index contributed by atoms with van der Waals surface area (Å²) in [6, 6.07) is 12.4. The number of ketones is 1. The van der Waals surface area contributed by atoms with Gasteiger partial charge in [-0.05, 0) is 66.8 Å². The molecule has 0 aliphatic rings. The second kappa shape index (κ2) is 7.39. The highest BCUT2D eigenvalue weighted by molar-refractivity contribution is 6.42.